The first-order valence-corrected chi connectivity index (χ1v) is 7.29. The number of carbonyl (C=O) groups is 1. The summed E-state index contributed by atoms with van der Waals surface area (Å²) >= 11 is 0. The van der Waals surface area contributed by atoms with Crippen molar-refractivity contribution >= 4 is 6.03 Å². The summed E-state index contributed by atoms with van der Waals surface area (Å²) in [6.45, 7) is 3.25. The Balaban J connectivity index is 1.79. The summed E-state index contributed by atoms with van der Waals surface area (Å²) in [5.74, 6) is 1.86. The van der Waals surface area contributed by atoms with Crippen molar-refractivity contribution in [3.05, 3.63) is 36.2 Å². The van der Waals surface area contributed by atoms with Gasteiger partial charge in [-0.1, -0.05) is 30.3 Å². The van der Waals surface area contributed by atoms with Gasteiger partial charge in [-0.05, 0) is 13.3 Å². The van der Waals surface area contributed by atoms with Crippen LogP contribution in [-0.4, -0.2) is 33.4 Å². The maximum atomic E-state index is 11.7. The smallest absolute Gasteiger partial charge is 0.315 e. The van der Waals surface area contributed by atoms with E-state index in [1.165, 1.54) is 0 Å². The van der Waals surface area contributed by atoms with Crippen LogP contribution in [-0.2, 0) is 13.0 Å². The maximum Gasteiger partial charge on any atom is 0.315 e. The van der Waals surface area contributed by atoms with Gasteiger partial charge in [-0.3, -0.25) is 0 Å². The fraction of sp³-hybridized carbons (Fsp3) is 0.400. The SMILES string of the molecule is CCNC(=O)N[C@H]1CCc2nnc(-c3ccccc3)n2C1. The third-order valence-electron chi connectivity index (χ3n) is 3.65. The molecule has 110 valence electrons. The van der Waals surface area contributed by atoms with Gasteiger partial charge in [0, 0.05) is 31.1 Å². The van der Waals surface area contributed by atoms with E-state index in [0.717, 1.165) is 30.1 Å². The Morgan fingerprint density at radius 3 is 2.90 bits per heavy atom. The minimum Gasteiger partial charge on any atom is -0.338 e. The van der Waals surface area contributed by atoms with Crippen LogP contribution in [0.15, 0.2) is 30.3 Å². The summed E-state index contributed by atoms with van der Waals surface area (Å²) < 4.78 is 2.11. The van der Waals surface area contributed by atoms with Gasteiger partial charge in [0.25, 0.3) is 0 Å². The summed E-state index contributed by atoms with van der Waals surface area (Å²) in [6.07, 6.45) is 1.72. The Kier molecular flexibility index (Phi) is 3.85. The lowest BCUT2D eigenvalue weighted by Crippen LogP contribution is -2.45. The minimum atomic E-state index is -0.111. The average molecular weight is 285 g/mol. The van der Waals surface area contributed by atoms with Crippen LogP contribution in [0.4, 0.5) is 4.79 Å². The van der Waals surface area contributed by atoms with Gasteiger partial charge in [0.1, 0.15) is 5.82 Å². The predicted octanol–water partition coefficient (Wildman–Crippen LogP) is 1.58. The third-order valence-corrected chi connectivity index (χ3v) is 3.65. The number of rotatable bonds is 3. The molecular formula is C15H19N5O. The average Bonchev–Trinajstić information content (AvgIpc) is 2.91. The molecule has 6 heteroatoms. The van der Waals surface area contributed by atoms with Gasteiger partial charge in [0.15, 0.2) is 5.82 Å². The normalized spacial score (nSPS) is 17.1. The molecule has 1 aromatic carbocycles. The number of hydrogen-bond acceptors (Lipinski definition) is 3. The Morgan fingerprint density at radius 2 is 2.14 bits per heavy atom. The molecule has 21 heavy (non-hydrogen) atoms. The van der Waals surface area contributed by atoms with Gasteiger partial charge in [-0.2, -0.15) is 0 Å². The molecule has 1 aliphatic heterocycles. The number of benzene rings is 1. The maximum absolute atomic E-state index is 11.7. The molecule has 1 aromatic heterocycles. The van der Waals surface area contributed by atoms with Crippen molar-refractivity contribution in [3.8, 4) is 11.4 Å². The molecule has 0 spiro atoms. The van der Waals surface area contributed by atoms with Crippen LogP contribution >= 0.6 is 0 Å². The van der Waals surface area contributed by atoms with Crippen LogP contribution in [0.1, 0.15) is 19.2 Å². The van der Waals surface area contributed by atoms with Crippen LogP contribution < -0.4 is 10.6 Å². The summed E-state index contributed by atoms with van der Waals surface area (Å²) in [5.41, 5.74) is 1.05. The van der Waals surface area contributed by atoms with Gasteiger partial charge >= 0.3 is 6.03 Å². The molecule has 0 saturated heterocycles. The van der Waals surface area contributed by atoms with E-state index in [1.54, 1.807) is 0 Å². The van der Waals surface area contributed by atoms with Crippen molar-refractivity contribution < 1.29 is 4.79 Å². The van der Waals surface area contributed by atoms with E-state index in [4.69, 9.17) is 0 Å². The van der Waals surface area contributed by atoms with Crippen LogP contribution in [0.25, 0.3) is 11.4 Å². The molecule has 1 aliphatic rings. The zero-order valence-corrected chi connectivity index (χ0v) is 12.0. The molecule has 0 unspecified atom stereocenters. The molecule has 0 bridgehead atoms. The fourth-order valence-corrected chi connectivity index (χ4v) is 2.64. The van der Waals surface area contributed by atoms with Gasteiger partial charge in [-0.25, -0.2) is 4.79 Å². The largest absolute Gasteiger partial charge is 0.338 e. The quantitative estimate of drug-likeness (QED) is 0.899. The van der Waals surface area contributed by atoms with E-state index in [-0.39, 0.29) is 12.1 Å². The number of amides is 2. The Bertz CT molecular complexity index is 622. The molecule has 2 heterocycles. The molecule has 1 atom stereocenters. The highest BCUT2D eigenvalue weighted by atomic mass is 16.2. The summed E-state index contributed by atoms with van der Waals surface area (Å²) in [7, 11) is 0. The molecule has 6 nitrogen and oxygen atoms in total. The number of aromatic nitrogens is 3. The highest BCUT2D eigenvalue weighted by Crippen LogP contribution is 2.22. The fourth-order valence-electron chi connectivity index (χ4n) is 2.64. The van der Waals surface area contributed by atoms with Crippen molar-refractivity contribution in [3.63, 3.8) is 0 Å². The third kappa shape index (κ3) is 2.89. The van der Waals surface area contributed by atoms with E-state index in [2.05, 4.69) is 25.4 Å². The number of nitrogens with zero attached hydrogens (tertiary/aromatic N) is 3. The number of urea groups is 1. The molecule has 0 fully saturated rings. The highest BCUT2D eigenvalue weighted by molar-refractivity contribution is 5.74. The van der Waals surface area contributed by atoms with E-state index in [1.807, 2.05) is 37.3 Å². The molecule has 3 rings (SSSR count). The predicted molar refractivity (Wildman–Crippen MR) is 79.8 cm³/mol. The number of fused-ring (bicyclic) bond motifs is 1. The lowest BCUT2D eigenvalue weighted by molar-refractivity contribution is 0.233. The Labute approximate surface area is 123 Å². The van der Waals surface area contributed by atoms with Crippen LogP contribution in [0.2, 0.25) is 0 Å². The van der Waals surface area contributed by atoms with Crippen molar-refractivity contribution in [1.82, 2.24) is 25.4 Å². The van der Waals surface area contributed by atoms with E-state index < -0.39 is 0 Å². The second kappa shape index (κ2) is 5.95. The van der Waals surface area contributed by atoms with Crippen molar-refractivity contribution in [2.24, 2.45) is 0 Å². The molecule has 0 saturated carbocycles. The summed E-state index contributed by atoms with van der Waals surface area (Å²) in [4.78, 5) is 11.7. The van der Waals surface area contributed by atoms with Gasteiger partial charge in [0.05, 0.1) is 0 Å². The first-order valence-electron chi connectivity index (χ1n) is 7.29. The zero-order chi connectivity index (χ0) is 14.7. The van der Waals surface area contributed by atoms with Crippen LogP contribution in [0.3, 0.4) is 0 Å². The lowest BCUT2D eigenvalue weighted by atomic mass is 10.1. The second-order valence-electron chi connectivity index (χ2n) is 5.16. The molecule has 0 radical (unpaired) electrons. The van der Waals surface area contributed by atoms with Crippen molar-refractivity contribution in [1.29, 1.82) is 0 Å². The van der Waals surface area contributed by atoms with Crippen molar-refractivity contribution in [2.75, 3.05) is 6.54 Å². The first-order chi connectivity index (χ1) is 10.3. The van der Waals surface area contributed by atoms with Gasteiger partial charge in [-0.15, -0.1) is 10.2 Å². The van der Waals surface area contributed by atoms with Gasteiger partial charge < -0.3 is 15.2 Å². The topological polar surface area (TPSA) is 71.8 Å². The van der Waals surface area contributed by atoms with Crippen LogP contribution in [0, 0.1) is 0 Å². The number of nitrogens with one attached hydrogen (secondary N) is 2. The molecular weight excluding hydrogens is 266 g/mol. The van der Waals surface area contributed by atoms with Gasteiger partial charge in [0.2, 0.25) is 0 Å². The molecule has 2 aromatic rings. The minimum absolute atomic E-state index is 0.111. The zero-order valence-electron chi connectivity index (χ0n) is 12.0. The summed E-state index contributed by atoms with van der Waals surface area (Å²) in [5, 5.41) is 14.3. The first kappa shape index (κ1) is 13.6. The second-order valence-corrected chi connectivity index (χ2v) is 5.16. The van der Waals surface area contributed by atoms with E-state index >= 15 is 0 Å². The standard InChI is InChI=1S/C15H19N5O/c1-2-16-15(21)17-12-8-9-13-18-19-14(20(13)10-12)11-6-4-3-5-7-11/h3-7,12H,2,8-10H2,1H3,(H2,16,17,21)/t12-/m0/s1. The Hall–Kier alpha value is -2.37. The molecule has 0 aliphatic carbocycles. The summed E-state index contributed by atoms with van der Waals surface area (Å²) in [6, 6.07) is 10.0. The lowest BCUT2D eigenvalue weighted by Gasteiger charge is -2.25. The van der Waals surface area contributed by atoms with E-state index in [9.17, 15) is 4.79 Å². The monoisotopic (exact) mass is 285 g/mol. The number of carbonyl (C=O) groups excluding carboxylic acids is 1. The van der Waals surface area contributed by atoms with Crippen molar-refractivity contribution in [2.45, 2.75) is 32.4 Å². The number of hydrogen-bond donors (Lipinski definition) is 2. The van der Waals surface area contributed by atoms with E-state index in [0.29, 0.717) is 13.1 Å². The molecule has 2 N–H and O–H groups in total. The number of aryl methyl sites for hydroxylation is 1. The highest BCUT2D eigenvalue weighted by Gasteiger charge is 2.24. The van der Waals surface area contributed by atoms with Crippen LogP contribution in [0.5, 0.6) is 0 Å². The Morgan fingerprint density at radius 1 is 1.33 bits per heavy atom. The molecule has 2 amide bonds.